The highest BCUT2D eigenvalue weighted by atomic mass is 16.5. The molecule has 0 saturated carbocycles. The SMILES string of the molecule is CCCCCCCCCCCCn1c(C2CC(=O)N(c3ccc(OC)cc3)C2)nc2ccccc21. The van der Waals surface area contributed by atoms with E-state index in [9.17, 15) is 4.79 Å². The van der Waals surface area contributed by atoms with Crippen LogP contribution in [0.15, 0.2) is 48.5 Å². The lowest BCUT2D eigenvalue weighted by molar-refractivity contribution is -0.117. The Hall–Kier alpha value is -2.82. The fourth-order valence-corrected chi connectivity index (χ4v) is 5.29. The number of benzene rings is 2. The minimum Gasteiger partial charge on any atom is -0.497 e. The van der Waals surface area contributed by atoms with Crippen LogP contribution in [0, 0.1) is 0 Å². The molecule has 188 valence electrons. The maximum Gasteiger partial charge on any atom is 0.227 e. The van der Waals surface area contributed by atoms with Gasteiger partial charge in [0, 0.05) is 31.1 Å². The highest BCUT2D eigenvalue weighted by molar-refractivity contribution is 5.96. The number of ether oxygens (including phenoxy) is 1. The van der Waals surface area contributed by atoms with E-state index in [0.717, 1.165) is 35.7 Å². The smallest absolute Gasteiger partial charge is 0.227 e. The highest BCUT2D eigenvalue weighted by Gasteiger charge is 2.34. The molecule has 0 N–H and O–H groups in total. The molecule has 0 bridgehead atoms. The number of amides is 1. The molecule has 1 atom stereocenters. The van der Waals surface area contributed by atoms with E-state index in [2.05, 4.69) is 29.7 Å². The van der Waals surface area contributed by atoms with Gasteiger partial charge in [-0.05, 0) is 42.8 Å². The molecule has 1 aliphatic heterocycles. The van der Waals surface area contributed by atoms with E-state index < -0.39 is 0 Å². The molecular weight excluding hydrogens is 434 g/mol. The highest BCUT2D eigenvalue weighted by Crippen LogP contribution is 2.34. The van der Waals surface area contributed by atoms with Gasteiger partial charge in [-0.1, -0.05) is 76.8 Å². The van der Waals surface area contributed by atoms with E-state index in [4.69, 9.17) is 9.72 Å². The van der Waals surface area contributed by atoms with E-state index in [0.29, 0.717) is 13.0 Å². The third-order valence-electron chi connectivity index (χ3n) is 7.29. The van der Waals surface area contributed by atoms with Crippen LogP contribution in [0.1, 0.15) is 89.3 Å². The Morgan fingerprint density at radius 3 is 2.23 bits per heavy atom. The van der Waals surface area contributed by atoms with Gasteiger partial charge in [-0.15, -0.1) is 0 Å². The van der Waals surface area contributed by atoms with Crippen molar-refractivity contribution < 1.29 is 9.53 Å². The first-order valence-corrected chi connectivity index (χ1v) is 13.6. The molecule has 1 fully saturated rings. The third-order valence-corrected chi connectivity index (χ3v) is 7.29. The second kappa shape index (κ2) is 12.8. The van der Waals surface area contributed by atoms with Crippen molar-refractivity contribution >= 4 is 22.6 Å². The second-order valence-electron chi connectivity index (χ2n) is 9.90. The first kappa shape index (κ1) is 25.3. The minimum absolute atomic E-state index is 0.111. The molecule has 1 unspecified atom stereocenters. The van der Waals surface area contributed by atoms with Gasteiger partial charge in [0.15, 0.2) is 0 Å². The lowest BCUT2D eigenvalue weighted by Crippen LogP contribution is -2.24. The Morgan fingerprint density at radius 1 is 0.886 bits per heavy atom. The number of carbonyl (C=O) groups excluding carboxylic acids is 1. The lowest BCUT2D eigenvalue weighted by atomic mass is 10.1. The number of anilines is 1. The van der Waals surface area contributed by atoms with Crippen molar-refractivity contribution in [2.24, 2.45) is 0 Å². The molecule has 1 saturated heterocycles. The van der Waals surface area contributed by atoms with Gasteiger partial charge < -0.3 is 14.2 Å². The van der Waals surface area contributed by atoms with Crippen LogP contribution in [0.3, 0.4) is 0 Å². The summed E-state index contributed by atoms with van der Waals surface area (Å²) in [6.45, 7) is 3.92. The number of imidazole rings is 1. The summed E-state index contributed by atoms with van der Waals surface area (Å²) in [5.74, 6) is 2.14. The number of carbonyl (C=O) groups is 1. The van der Waals surface area contributed by atoms with Gasteiger partial charge >= 0.3 is 0 Å². The van der Waals surface area contributed by atoms with Gasteiger partial charge in [0.2, 0.25) is 5.91 Å². The van der Waals surface area contributed by atoms with Crippen LogP contribution in [0.4, 0.5) is 5.69 Å². The summed E-state index contributed by atoms with van der Waals surface area (Å²) >= 11 is 0. The fourth-order valence-electron chi connectivity index (χ4n) is 5.29. The van der Waals surface area contributed by atoms with Crippen LogP contribution in [0.5, 0.6) is 5.75 Å². The summed E-state index contributed by atoms with van der Waals surface area (Å²) in [4.78, 5) is 19.9. The zero-order valence-corrected chi connectivity index (χ0v) is 21.5. The lowest BCUT2D eigenvalue weighted by Gasteiger charge is -2.18. The minimum atomic E-state index is 0.111. The molecule has 0 aliphatic carbocycles. The predicted molar refractivity (Wildman–Crippen MR) is 144 cm³/mol. The summed E-state index contributed by atoms with van der Waals surface area (Å²) < 4.78 is 7.65. The Balaban J connectivity index is 1.36. The Bertz CT molecular complexity index is 1070. The van der Waals surface area contributed by atoms with Crippen molar-refractivity contribution in [3.63, 3.8) is 0 Å². The van der Waals surface area contributed by atoms with Crippen molar-refractivity contribution in [2.45, 2.75) is 90.0 Å². The molecule has 2 aromatic carbocycles. The summed E-state index contributed by atoms with van der Waals surface area (Å²) in [5.41, 5.74) is 3.15. The van der Waals surface area contributed by atoms with Gasteiger partial charge in [0.1, 0.15) is 11.6 Å². The number of aromatic nitrogens is 2. The van der Waals surface area contributed by atoms with Crippen LogP contribution in [0.2, 0.25) is 0 Å². The summed E-state index contributed by atoms with van der Waals surface area (Å²) in [5, 5.41) is 0. The second-order valence-corrected chi connectivity index (χ2v) is 9.90. The molecular formula is C30H41N3O2. The van der Waals surface area contributed by atoms with Gasteiger partial charge in [-0.3, -0.25) is 4.79 Å². The van der Waals surface area contributed by atoms with Gasteiger partial charge in [-0.25, -0.2) is 4.98 Å². The van der Waals surface area contributed by atoms with Crippen LogP contribution < -0.4 is 9.64 Å². The molecule has 5 heteroatoms. The number of aryl methyl sites for hydroxylation is 1. The summed E-state index contributed by atoms with van der Waals surface area (Å²) in [7, 11) is 1.66. The van der Waals surface area contributed by atoms with Crippen LogP contribution >= 0.6 is 0 Å². The normalized spacial score (nSPS) is 15.9. The molecule has 4 rings (SSSR count). The van der Waals surface area contributed by atoms with Crippen molar-refractivity contribution in [2.75, 3.05) is 18.6 Å². The molecule has 1 aliphatic rings. The number of hydrogen-bond acceptors (Lipinski definition) is 3. The fraction of sp³-hybridized carbons (Fsp3) is 0.533. The zero-order chi connectivity index (χ0) is 24.5. The van der Waals surface area contributed by atoms with Crippen molar-refractivity contribution in [1.82, 2.24) is 9.55 Å². The van der Waals surface area contributed by atoms with Crippen molar-refractivity contribution in [1.29, 1.82) is 0 Å². The number of unbranched alkanes of at least 4 members (excludes halogenated alkanes) is 9. The average Bonchev–Trinajstić information content (AvgIpc) is 3.45. The standard InChI is InChI=1S/C30H41N3O2/c1-3-4-5-6-7-8-9-10-11-14-21-32-28-16-13-12-15-27(28)31-30(32)24-22-29(34)33(23-24)25-17-19-26(35-2)20-18-25/h12-13,15-20,24H,3-11,14,21-23H2,1-2H3. The molecule has 0 spiro atoms. The molecule has 0 radical (unpaired) electrons. The number of methoxy groups -OCH3 is 1. The molecule has 1 aromatic heterocycles. The van der Waals surface area contributed by atoms with Crippen LogP contribution in [-0.2, 0) is 11.3 Å². The largest absolute Gasteiger partial charge is 0.497 e. The topological polar surface area (TPSA) is 47.4 Å². The van der Waals surface area contributed by atoms with Gasteiger partial charge in [-0.2, -0.15) is 0 Å². The number of rotatable bonds is 14. The van der Waals surface area contributed by atoms with Crippen LogP contribution in [-0.4, -0.2) is 29.1 Å². The zero-order valence-electron chi connectivity index (χ0n) is 21.5. The van der Waals surface area contributed by atoms with E-state index in [1.165, 1.54) is 63.3 Å². The van der Waals surface area contributed by atoms with Gasteiger partial charge in [0.25, 0.3) is 0 Å². The molecule has 35 heavy (non-hydrogen) atoms. The monoisotopic (exact) mass is 475 g/mol. The van der Waals surface area contributed by atoms with Crippen molar-refractivity contribution in [3.8, 4) is 5.75 Å². The van der Waals surface area contributed by atoms with E-state index in [1.807, 2.05) is 35.2 Å². The average molecular weight is 476 g/mol. The Labute approximate surface area is 210 Å². The van der Waals surface area contributed by atoms with Gasteiger partial charge in [0.05, 0.1) is 18.1 Å². The molecule has 2 heterocycles. The number of hydrogen-bond donors (Lipinski definition) is 0. The first-order chi connectivity index (χ1) is 17.2. The summed E-state index contributed by atoms with van der Waals surface area (Å²) in [6, 6.07) is 16.1. The number of fused-ring (bicyclic) bond motifs is 1. The Morgan fingerprint density at radius 2 is 1.54 bits per heavy atom. The summed E-state index contributed by atoms with van der Waals surface area (Å²) in [6.07, 6.45) is 13.8. The quantitative estimate of drug-likeness (QED) is 0.227. The predicted octanol–water partition coefficient (Wildman–Crippen LogP) is 7.49. The first-order valence-electron chi connectivity index (χ1n) is 13.6. The number of para-hydroxylation sites is 2. The van der Waals surface area contributed by atoms with Crippen molar-refractivity contribution in [3.05, 3.63) is 54.4 Å². The number of nitrogens with zero attached hydrogens (tertiary/aromatic N) is 3. The van der Waals surface area contributed by atoms with E-state index in [-0.39, 0.29) is 11.8 Å². The maximum absolute atomic E-state index is 12.9. The molecule has 1 amide bonds. The van der Waals surface area contributed by atoms with E-state index >= 15 is 0 Å². The maximum atomic E-state index is 12.9. The van der Waals surface area contributed by atoms with Crippen LogP contribution in [0.25, 0.3) is 11.0 Å². The Kier molecular flexibility index (Phi) is 9.21. The molecule has 3 aromatic rings. The van der Waals surface area contributed by atoms with E-state index in [1.54, 1.807) is 7.11 Å². The molecule has 5 nitrogen and oxygen atoms in total. The third kappa shape index (κ3) is 6.45.